The van der Waals surface area contributed by atoms with E-state index in [2.05, 4.69) is 17.1 Å². The average Bonchev–Trinajstić information content (AvgIpc) is 2.65. The number of nitrogens with two attached hydrogens (primary N) is 1. The van der Waals surface area contributed by atoms with Crippen LogP contribution in [0.25, 0.3) is 0 Å². The number of nitrogens with zero attached hydrogens (tertiary/aromatic N) is 1. The highest BCUT2D eigenvalue weighted by atomic mass is 16.1. The van der Waals surface area contributed by atoms with Crippen molar-refractivity contribution >= 4 is 11.6 Å². The monoisotopic (exact) mass is 275 g/mol. The normalized spacial score (nSPS) is 20.4. The summed E-state index contributed by atoms with van der Waals surface area (Å²) in [4.78, 5) is 13.4. The van der Waals surface area contributed by atoms with Crippen LogP contribution in [-0.4, -0.2) is 36.5 Å². The largest absolute Gasteiger partial charge is 0.382 e. The predicted molar refractivity (Wildman–Crippen MR) is 82.7 cm³/mol. The molecule has 0 radical (unpaired) electrons. The Hall–Kier alpha value is -1.55. The fourth-order valence-electron chi connectivity index (χ4n) is 2.77. The first kappa shape index (κ1) is 14.9. The van der Waals surface area contributed by atoms with E-state index in [-0.39, 0.29) is 5.91 Å². The molecule has 1 aliphatic heterocycles. The van der Waals surface area contributed by atoms with Gasteiger partial charge in [0.15, 0.2) is 0 Å². The Kier molecular flexibility index (Phi) is 5.41. The van der Waals surface area contributed by atoms with Crippen LogP contribution in [0.1, 0.15) is 31.7 Å². The first-order chi connectivity index (χ1) is 9.67. The van der Waals surface area contributed by atoms with Gasteiger partial charge in [-0.15, -0.1) is 0 Å². The number of rotatable bonds is 5. The third-order valence-corrected chi connectivity index (χ3v) is 3.97. The highest BCUT2D eigenvalue weighted by molar-refractivity contribution is 5.76. The van der Waals surface area contributed by atoms with E-state index in [1.165, 1.54) is 32.4 Å². The second-order valence-corrected chi connectivity index (χ2v) is 5.55. The second kappa shape index (κ2) is 7.29. The molecule has 1 heterocycles. The van der Waals surface area contributed by atoms with Gasteiger partial charge in [0.1, 0.15) is 0 Å². The molecule has 0 spiro atoms. The minimum Gasteiger partial charge on any atom is -0.382 e. The topological polar surface area (TPSA) is 58.4 Å². The molecule has 1 aromatic rings. The highest BCUT2D eigenvalue weighted by Gasteiger charge is 2.15. The number of nitrogens with one attached hydrogen (secondary N) is 1. The molecule has 1 saturated heterocycles. The first-order valence-electron chi connectivity index (χ1n) is 7.53. The molecular weight excluding hydrogens is 250 g/mol. The molecule has 4 heteroatoms. The van der Waals surface area contributed by atoms with Crippen molar-refractivity contribution in [3.05, 3.63) is 29.8 Å². The summed E-state index contributed by atoms with van der Waals surface area (Å²) in [6.07, 6.45) is 3.98. The van der Waals surface area contributed by atoms with Crippen molar-refractivity contribution in [2.75, 3.05) is 25.0 Å². The van der Waals surface area contributed by atoms with Crippen LogP contribution in [0.3, 0.4) is 0 Å². The second-order valence-electron chi connectivity index (χ2n) is 5.55. The van der Waals surface area contributed by atoms with Crippen molar-refractivity contribution in [1.29, 1.82) is 0 Å². The van der Waals surface area contributed by atoms with E-state index in [9.17, 15) is 4.79 Å². The molecule has 4 nitrogen and oxygen atoms in total. The summed E-state index contributed by atoms with van der Waals surface area (Å²) >= 11 is 0. The lowest BCUT2D eigenvalue weighted by atomic mass is 10.1. The van der Waals surface area contributed by atoms with Crippen molar-refractivity contribution < 1.29 is 4.79 Å². The number of likely N-dealkylation sites (tertiary alicyclic amines) is 1. The number of benzene rings is 1. The number of hydrogen-bond acceptors (Lipinski definition) is 3. The summed E-state index contributed by atoms with van der Waals surface area (Å²) in [5.41, 5.74) is 7.30. The third kappa shape index (κ3) is 4.53. The van der Waals surface area contributed by atoms with Crippen LogP contribution in [0.5, 0.6) is 0 Å². The molecule has 2 rings (SSSR count). The van der Waals surface area contributed by atoms with Crippen LogP contribution < -0.4 is 11.1 Å². The van der Waals surface area contributed by atoms with Gasteiger partial charge in [0.05, 0.1) is 6.42 Å². The van der Waals surface area contributed by atoms with Crippen molar-refractivity contribution in [3.8, 4) is 0 Å². The van der Waals surface area contributed by atoms with Gasteiger partial charge >= 0.3 is 0 Å². The molecule has 3 N–H and O–H groups in total. The van der Waals surface area contributed by atoms with Crippen LogP contribution in [0, 0.1) is 0 Å². The van der Waals surface area contributed by atoms with Crippen LogP contribution in [0.2, 0.25) is 0 Å². The van der Waals surface area contributed by atoms with E-state index in [0.29, 0.717) is 12.5 Å². The zero-order chi connectivity index (χ0) is 14.4. The zero-order valence-electron chi connectivity index (χ0n) is 12.3. The van der Waals surface area contributed by atoms with Crippen LogP contribution >= 0.6 is 0 Å². The standard InChI is InChI=1S/C16H25N3O/c1-2-19-10-3-4-14(9-11-19)18-15-7-5-13(6-8-15)12-16(17)20/h5-8,14,18H,2-4,9-12H2,1H3,(H2,17,20). The lowest BCUT2D eigenvalue weighted by Gasteiger charge is -2.19. The smallest absolute Gasteiger partial charge is 0.221 e. The maximum Gasteiger partial charge on any atom is 0.221 e. The van der Waals surface area contributed by atoms with Gasteiger partial charge < -0.3 is 16.0 Å². The molecule has 1 amide bonds. The quantitative estimate of drug-likeness (QED) is 0.864. The molecule has 0 bridgehead atoms. The van der Waals surface area contributed by atoms with Gasteiger partial charge in [-0.25, -0.2) is 0 Å². The minimum atomic E-state index is -0.283. The fraction of sp³-hybridized carbons (Fsp3) is 0.562. The van der Waals surface area contributed by atoms with E-state index in [1.807, 2.05) is 24.3 Å². The van der Waals surface area contributed by atoms with Gasteiger partial charge in [-0.3, -0.25) is 4.79 Å². The molecule has 1 atom stereocenters. The Morgan fingerprint density at radius 1 is 1.30 bits per heavy atom. The first-order valence-corrected chi connectivity index (χ1v) is 7.53. The number of hydrogen-bond donors (Lipinski definition) is 2. The van der Waals surface area contributed by atoms with Crippen molar-refractivity contribution in [2.45, 2.75) is 38.6 Å². The van der Waals surface area contributed by atoms with E-state index in [1.54, 1.807) is 0 Å². The maximum atomic E-state index is 10.9. The molecule has 1 aliphatic rings. The summed E-state index contributed by atoms with van der Waals surface area (Å²) in [6.45, 7) is 5.76. The van der Waals surface area contributed by atoms with Gasteiger partial charge in [0.25, 0.3) is 0 Å². The molecule has 1 unspecified atom stereocenters. The van der Waals surface area contributed by atoms with Crippen LogP contribution in [0.15, 0.2) is 24.3 Å². The Morgan fingerprint density at radius 3 is 2.70 bits per heavy atom. The van der Waals surface area contributed by atoms with E-state index < -0.39 is 0 Å². The van der Waals surface area contributed by atoms with Crippen molar-refractivity contribution in [2.24, 2.45) is 5.73 Å². The summed E-state index contributed by atoms with van der Waals surface area (Å²) in [6, 6.07) is 8.58. The number of primary amides is 1. The van der Waals surface area contributed by atoms with E-state index in [4.69, 9.17) is 5.73 Å². The van der Waals surface area contributed by atoms with Gasteiger partial charge in [0.2, 0.25) is 5.91 Å². The molecular formula is C16H25N3O. The number of anilines is 1. The van der Waals surface area contributed by atoms with Gasteiger partial charge in [-0.05, 0) is 50.0 Å². The number of amides is 1. The molecule has 1 fully saturated rings. The summed E-state index contributed by atoms with van der Waals surface area (Å²) < 4.78 is 0. The van der Waals surface area contributed by atoms with Gasteiger partial charge in [-0.1, -0.05) is 19.1 Å². The fourth-order valence-corrected chi connectivity index (χ4v) is 2.77. The van der Waals surface area contributed by atoms with Crippen LogP contribution in [-0.2, 0) is 11.2 Å². The molecule has 0 aromatic heterocycles. The third-order valence-electron chi connectivity index (χ3n) is 3.97. The Balaban J connectivity index is 1.88. The lowest BCUT2D eigenvalue weighted by molar-refractivity contribution is -0.117. The van der Waals surface area contributed by atoms with Crippen LogP contribution in [0.4, 0.5) is 5.69 Å². The lowest BCUT2D eigenvalue weighted by Crippen LogP contribution is -2.26. The molecule has 110 valence electrons. The SMILES string of the molecule is CCN1CCCC(Nc2ccc(CC(N)=O)cc2)CC1. The summed E-state index contributed by atoms with van der Waals surface area (Å²) in [7, 11) is 0. The summed E-state index contributed by atoms with van der Waals surface area (Å²) in [5.74, 6) is -0.283. The molecule has 0 saturated carbocycles. The number of carbonyl (C=O) groups excluding carboxylic acids is 1. The zero-order valence-corrected chi connectivity index (χ0v) is 12.3. The van der Waals surface area contributed by atoms with Gasteiger partial charge in [0, 0.05) is 18.3 Å². The van der Waals surface area contributed by atoms with E-state index in [0.717, 1.165) is 17.8 Å². The van der Waals surface area contributed by atoms with E-state index >= 15 is 0 Å². The molecule has 0 aliphatic carbocycles. The van der Waals surface area contributed by atoms with Crippen molar-refractivity contribution in [3.63, 3.8) is 0 Å². The average molecular weight is 275 g/mol. The van der Waals surface area contributed by atoms with Crippen molar-refractivity contribution in [1.82, 2.24) is 4.90 Å². The summed E-state index contributed by atoms with van der Waals surface area (Å²) in [5, 5.41) is 3.60. The number of carbonyl (C=O) groups is 1. The predicted octanol–water partition coefficient (Wildman–Crippen LogP) is 2.00. The Morgan fingerprint density at radius 2 is 2.05 bits per heavy atom. The Labute approximate surface area is 121 Å². The minimum absolute atomic E-state index is 0.283. The molecule has 20 heavy (non-hydrogen) atoms. The Bertz CT molecular complexity index is 430. The highest BCUT2D eigenvalue weighted by Crippen LogP contribution is 2.17. The molecule has 1 aromatic carbocycles. The van der Waals surface area contributed by atoms with Gasteiger partial charge in [-0.2, -0.15) is 0 Å². The maximum absolute atomic E-state index is 10.9.